The van der Waals surface area contributed by atoms with E-state index in [9.17, 15) is 0 Å². The molecule has 0 bridgehead atoms. The second kappa shape index (κ2) is 8.87. The van der Waals surface area contributed by atoms with Crippen molar-refractivity contribution in [1.29, 1.82) is 0 Å². The van der Waals surface area contributed by atoms with Gasteiger partial charge in [0.2, 0.25) is 0 Å². The first-order valence-electron chi connectivity index (χ1n) is 9.27. The molecule has 0 saturated heterocycles. The molecule has 0 N–H and O–H groups in total. The first-order valence-corrected chi connectivity index (χ1v) is 9.27. The van der Waals surface area contributed by atoms with Crippen LogP contribution in [0.4, 0.5) is 0 Å². The van der Waals surface area contributed by atoms with Crippen LogP contribution < -0.4 is 0 Å². The lowest BCUT2D eigenvalue weighted by Gasteiger charge is -2.18. The van der Waals surface area contributed by atoms with Gasteiger partial charge in [-0.05, 0) is 67.2 Å². The molecule has 0 aliphatic carbocycles. The van der Waals surface area contributed by atoms with Crippen molar-refractivity contribution in [3.63, 3.8) is 0 Å². The van der Waals surface area contributed by atoms with E-state index in [1.54, 1.807) is 0 Å². The Kier molecular flexibility index (Phi) is 6.85. The Morgan fingerprint density at radius 1 is 0.958 bits per heavy atom. The lowest BCUT2D eigenvalue weighted by molar-refractivity contribution is 0.453. The number of allylic oxidation sites excluding steroid dienone is 1. The SMILES string of the molecule is C=C(C)c1cc(C(C)CCC(C)CCc2ccccc2)ccc1C. The van der Waals surface area contributed by atoms with Crippen LogP contribution >= 0.6 is 0 Å². The molecular weight excluding hydrogens is 288 g/mol. The Morgan fingerprint density at radius 2 is 1.67 bits per heavy atom. The molecule has 24 heavy (non-hydrogen) atoms. The fourth-order valence-electron chi connectivity index (χ4n) is 3.31. The first kappa shape index (κ1) is 18.5. The van der Waals surface area contributed by atoms with Gasteiger partial charge in [0, 0.05) is 0 Å². The monoisotopic (exact) mass is 320 g/mol. The summed E-state index contributed by atoms with van der Waals surface area (Å²) in [7, 11) is 0. The van der Waals surface area contributed by atoms with Gasteiger partial charge < -0.3 is 0 Å². The van der Waals surface area contributed by atoms with Crippen LogP contribution in [0.3, 0.4) is 0 Å². The van der Waals surface area contributed by atoms with Crippen molar-refractivity contribution in [3.8, 4) is 0 Å². The maximum absolute atomic E-state index is 4.11. The average molecular weight is 321 g/mol. The van der Waals surface area contributed by atoms with Gasteiger partial charge in [-0.3, -0.25) is 0 Å². The number of rotatable bonds is 8. The van der Waals surface area contributed by atoms with Gasteiger partial charge in [-0.1, -0.05) is 81.0 Å². The zero-order chi connectivity index (χ0) is 17.5. The summed E-state index contributed by atoms with van der Waals surface area (Å²) in [4.78, 5) is 0. The normalized spacial score (nSPS) is 13.5. The minimum Gasteiger partial charge on any atom is -0.0955 e. The summed E-state index contributed by atoms with van der Waals surface area (Å²) in [5, 5.41) is 0. The van der Waals surface area contributed by atoms with Gasteiger partial charge in [0.1, 0.15) is 0 Å². The van der Waals surface area contributed by atoms with Crippen molar-refractivity contribution in [2.45, 2.75) is 59.3 Å². The van der Waals surface area contributed by atoms with Gasteiger partial charge in [0.25, 0.3) is 0 Å². The molecule has 0 amide bonds. The van der Waals surface area contributed by atoms with Crippen molar-refractivity contribution >= 4 is 5.57 Å². The highest BCUT2D eigenvalue weighted by atomic mass is 14.2. The second-order valence-corrected chi connectivity index (χ2v) is 7.46. The Labute approximate surface area is 148 Å². The van der Waals surface area contributed by atoms with E-state index >= 15 is 0 Å². The molecule has 2 atom stereocenters. The minimum atomic E-state index is 0.614. The Hall–Kier alpha value is -1.82. The molecule has 0 spiro atoms. The van der Waals surface area contributed by atoms with Gasteiger partial charge in [0.05, 0.1) is 0 Å². The number of aryl methyl sites for hydroxylation is 2. The summed E-state index contributed by atoms with van der Waals surface area (Å²) in [5.74, 6) is 1.39. The van der Waals surface area contributed by atoms with E-state index in [0.29, 0.717) is 5.92 Å². The van der Waals surface area contributed by atoms with Crippen molar-refractivity contribution < 1.29 is 0 Å². The molecule has 2 aromatic rings. The largest absolute Gasteiger partial charge is 0.0955 e. The summed E-state index contributed by atoms with van der Waals surface area (Å²) in [6, 6.07) is 17.7. The molecule has 0 heteroatoms. The minimum absolute atomic E-state index is 0.614. The van der Waals surface area contributed by atoms with Crippen LogP contribution in [0.15, 0.2) is 55.1 Å². The molecule has 2 unspecified atom stereocenters. The average Bonchev–Trinajstić information content (AvgIpc) is 2.59. The Morgan fingerprint density at radius 3 is 2.33 bits per heavy atom. The van der Waals surface area contributed by atoms with Crippen molar-refractivity contribution in [2.75, 3.05) is 0 Å². The standard InChI is InChI=1S/C24H32/c1-18(2)24-17-23(16-14-21(24)5)20(4)13-11-19(3)12-15-22-9-7-6-8-10-22/h6-10,14,16-17,19-20H,1,11-13,15H2,2-5H3. The Balaban J connectivity index is 1.85. The highest BCUT2D eigenvalue weighted by Crippen LogP contribution is 2.28. The van der Waals surface area contributed by atoms with Crippen LogP contribution in [-0.4, -0.2) is 0 Å². The number of hydrogen-bond acceptors (Lipinski definition) is 0. The van der Waals surface area contributed by atoms with Crippen LogP contribution in [0, 0.1) is 12.8 Å². The van der Waals surface area contributed by atoms with E-state index in [4.69, 9.17) is 0 Å². The van der Waals surface area contributed by atoms with Crippen LogP contribution in [0.5, 0.6) is 0 Å². The molecule has 0 radical (unpaired) electrons. The van der Waals surface area contributed by atoms with E-state index < -0.39 is 0 Å². The molecule has 0 aromatic heterocycles. The van der Waals surface area contributed by atoms with Gasteiger partial charge in [-0.25, -0.2) is 0 Å². The lowest BCUT2D eigenvalue weighted by Crippen LogP contribution is -2.02. The fraction of sp³-hybridized carbons (Fsp3) is 0.417. The molecule has 0 nitrogen and oxygen atoms in total. The molecule has 2 aromatic carbocycles. The van der Waals surface area contributed by atoms with Gasteiger partial charge >= 0.3 is 0 Å². The highest BCUT2D eigenvalue weighted by Gasteiger charge is 2.11. The molecule has 0 aliphatic heterocycles. The summed E-state index contributed by atoms with van der Waals surface area (Å²) in [6.45, 7) is 13.1. The van der Waals surface area contributed by atoms with Crippen molar-refractivity contribution in [2.24, 2.45) is 5.92 Å². The zero-order valence-corrected chi connectivity index (χ0v) is 15.8. The molecule has 0 aliphatic rings. The fourth-order valence-corrected chi connectivity index (χ4v) is 3.31. The van der Waals surface area contributed by atoms with Gasteiger partial charge in [0.15, 0.2) is 0 Å². The second-order valence-electron chi connectivity index (χ2n) is 7.46. The maximum atomic E-state index is 4.11. The van der Waals surface area contributed by atoms with E-state index in [-0.39, 0.29) is 0 Å². The van der Waals surface area contributed by atoms with E-state index in [1.807, 2.05) is 0 Å². The summed E-state index contributed by atoms with van der Waals surface area (Å²) < 4.78 is 0. The molecule has 0 heterocycles. The third-order valence-electron chi connectivity index (χ3n) is 5.15. The van der Waals surface area contributed by atoms with Crippen molar-refractivity contribution in [1.82, 2.24) is 0 Å². The molecular formula is C24H32. The molecule has 0 fully saturated rings. The number of hydrogen-bond donors (Lipinski definition) is 0. The van der Waals surface area contributed by atoms with Crippen LogP contribution in [0.25, 0.3) is 5.57 Å². The highest BCUT2D eigenvalue weighted by molar-refractivity contribution is 5.65. The van der Waals surface area contributed by atoms with E-state index in [2.05, 4.69) is 82.8 Å². The predicted octanol–water partition coefficient (Wildman–Crippen LogP) is 7.18. The van der Waals surface area contributed by atoms with Crippen molar-refractivity contribution in [3.05, 3.63) is 77.4 Å². The lowest BCUT2D eigenvalue weighted by atomic mass is 9.88. The van der Waals surface area contributed by atoms with Crippen LogP contribution in [0.2, 0.25) is 0 Å². The van der Waals surface area contributed by atoms with Gasteiger partial charge in [-0.15, -0.1) is 0 Å². The van der Waals surface area contributed by atoms with Crippen LogP contribution in [0.1, 0.15) is 68.2 Å². The predicted molar refractivity (Wildman–Crippen MR) is 107 cm³/mol. The summed E-state index contributed by atoms with van der Waals surface area (Å²) in [6.07, 6.45) is 5.03. The maximum Gasteiger partial charge on any atom is -0.0190 e. The quantitative estimate of drug-likeness (QED) is 0.483. The Bertz CT molecular complexity index is 651. The third-order valence-corrected chi connectivity index (χ3v) is 5.15. The summed E-state index contributed by atoms with van der Waals surface area (Å²) >= 11 is 0. The first-order chi connectivity index (χ1) is 11.5. The van der Waals surface area contributed by atoms with E-state index in [1.165, 1.54) is 47.9 Å². The number of benzene rings is 2. The molecule has 0 saturated carbocycles. The molecule has 2 rings (SSSR count). The third kappa shape index (κ3) is 5.37. The smallest absolute Gasteiger partial charge is 0.0190 e. The van der Waals surface area contributed by atoms with Gasteiger partial charge in [-0.2, -0.15) is 0 Å². The van der Waals surface area contributed by atoms with Crippen LogP contribution in [-0.2, 0) is 6.42 Å². The topological polar surface area (TPSA) is 0 Å². The molecule has 128 valence electrons. The van der Waals surface area contributed by atoms with E-state index in [0.717, 1.165) is 11.5 Å². The summed E-state index contributed by atoms with van der Waals surface area (Å²) in [5.41, 5.74) is 6.72. The zero-order valence-electron chi connectivity index (χ0n) is 15.8.